The quantitative estimate of drug-likeness (QED) is 0.502. The zero-order chi connectivity index (χ0) is 14.8. The van der Waals surface area contributed by atoms with Crippen molar-refractivity contribution in [1.29, 1.82) is 0 Å². The molecular formula is C23H26. The molecular weight excluding hydrogens is 276 g/mol. The van der Waals surface area contributed by atoms with Gasteiger partial charge in [0.15, 0.2) is 0 Å². The van der Waals surface area contributed by atoms with Crippen LogP contribution in [-0.4, -0.2) is 0 Å². The third-order valence-electron chi connectivity index (χ3n) is 9.56. The van der Waals surface area contributed by atoms with Gasteiger partial charge in [0.2, 0.25) is 0 Å². The molecule has 0 aromatic heterocycles. The lowest BCUT2D eigenvalue weighted by Gasteiger charge is -2.51. The topological polar surface area (TPSA) is 0 Å². The van der Waals surface area contributed by atoms with Crippen molar-refractivity contribution < 1.29 is 0 Å². The molecule has 1 aromatic rings. The average molecular weight is 302 g/mol. The Morgan fingerprint density at radius 3 is 2.52 bits per heavy atom. The fourth-order valence-electron chi connectivity index (χ4n) is 9.55. The number of allylic oxidation sites excluding steroid dienone is 2. The van der Waals surface area contributed by atoms with Gasteiger partial charge in [-0.1, -0.05) is 42.5 Å². The molecule has 0 aliphatic heterocycles. The third-order valence-corrected chi connectivity index (χ3v) is 9.56. The predicted octanol–water partition coefficient (Wildman–Crippen LogP) is 5.06. The van der Waals surface area contributed by atoms with Gasteiger partial charge in [0, 0.05) is 5.41 Å². The van der Waals surface area contributed by atoms with Gasteiger partial charge in [-0.25, -0.2) is 0 Å². The molecule has 6 aliphatic rings. The molecule has 5 fully saturated rings. The summed E-state index contributed by atoms with van der Waals surface area (Å²) in [6.45, 7) is 0. The van der Waals surface area contributed by atoms with Gasteiger partial charge in [0.1, 0.15) is 0 Å². The Bertz CT molecular complexity index is 702. The maximum absolute atomic E-state index is 2.62. The van der Waals surface area contributed by atoms with Crippen LogP contribution in [0.15, 0.2) is 42.5 Å². The Morgan fingerprint density at radius 2 is 1.61 bits per heavy atom. The van der Waals surface area contributed by atoms with E-state index in [4.69, 9.17) is 0 Å². The molecule has 118 valence electrons. The molecule has 7 rings (SSSR count). The highest BCUT2D eigenvalue weighted by Gasteiger charge is 2.76. The highest BCUT2D eigenvalue weighted by molar-refractivity contribution is 5.40. The van der Waals surface area contributed by atoms with Crippen LogP contribution in [0.3, 0.4) is 0 Å². The monoisotopic (exact) mass is 302 g/mol. The van der Waals surface area contributed by atoms with E-state index in [9.17, 15) is 0 Å². The summed E-state index contributed by atoms with van der Waals surface area (Å²) < 4.78 is 0. The number of rotatable bonds is 1. The van der Waals surface area contributed by atoms with Gasteiger partial charge in [-0.05, 0) is 90.9 Å². The van der Waals surface area contributed by atoms with Gasteiger partial charge in [-0.3, -0.25) is 0 Å². The molecule has 5 saturated carbocycles. The first-order valence-electron chi connectivity index (χ1n) is 10.1. The zero-order valence-corrected chi connectivity index (χ0v) is 13.8. The summed E-state index contributed by atoms with van der Waals surface area (Å²) in [4.78, 5) is 0. The predicted molar refractivity (Wildman–Crippen MR) is 91.8 cm³/mol. The summed E-state index contributed by atoms with van der Waals surface area (Å²) in [5.41, 5.74) is 2.30. The smallest absolute Gasteiger partial charge is 0.00263 e. The first-order valence-corrected chi connectivity index (χ1v) is 10.1. The summed E-state index contributed by atoms with van der Waals surface area (Å²) >= 11 is 0. The molecule has 0 N–H and O–H groups in total. The average Bonchev–Trinajstić information content (AvgIpc) is 3.41. The van der Waals surface area contributed by atoms with Gasteiger partial charge in [-0.15, -0.1) is 0 Å². The number of hydrogen-bond acceptors (Lipinski definition) is 0. The molecule has 0 radical (unpaired) electrons. The van der Waals surface area contributed by atoms with E-state index in [0.29, 0.717) is 5.41 Å². The van der Waals surface area contributed by atoms with E-state index >= 15 is 0 Å². The highest BCUT2D eigenvalue weighted by Crippen LogP contribution is 2.80. The van der Waals surface area contributed by atoms with Crippen LogP contribution in [0.25, 0.3) is 0 Å². The lowest BCUT2D eigenvalue weighted by molar-refractivity contribution is 0.0292. The molecule has 6 bridgehead atoms. The Kier molecular flexibility index (Phi) is 2.03. The van der Waals surface area contributed by atoms with E-state index in [0.717, 1.165) is 53.3 Å². The molecule has 0 spiro atoms. The van der Waals surface area contributed by atoms with E-state index in [1.807, 2.05) is 0 Å². The van der Waals surface area contributed by atoms with Gasteiger partial charge >= 0.3 is 0 Å². The highest BCUT2D eigenvalue weighted by atomic mass is 14.8. The second-order valence-electron chi connectivity index (χ2n) is 9.76. The molecule has 6 aliphatic carbocycles. The maximum Gasteiger partial charge on any atom is 0.00263 e. The van der Waals surface area contributed by atoms with E-state index in [1.165, 1.54) is 6.42 Å². The molecule has 23 heavy (non-hydrogen) atoms. The fraction of sp³-hybridized carbons (Fsp3) is 0.652. The number of fused-ring (bicyclic) bond motifs is 16. The second-order valence-corrected chi connectivity index (χ2v) is 9.76. The summed E-state index contributed by atoms with van der Waals surface area (Å²) in [5, 5.41) is 0. The Labute approximate surface area is 139 Å². The van der Waals surface area contributed by atoms with Crippen LogP contribution in [0.4, 0.5) is 0 Å². The van der Waals surface area contributed by atoms with Crippen LogP contribution in [0, 0.1) is 53.3 Å². The lowest BCUT2D eigenvalue weighted by atomic mass is 9.53. The van der Waals surface area contributed by atoms with E-state index in [1.54, 1.807) is 31.2 Å². The van der Waals surface area contributed by atoms with Crippen LogP contribution < -0.4 is 0 Å². The van der Waals surface area contributed by atoms with Gasteiger partial charge < -0.3 is 0 Å². The summed E-state index contributed by atoms with van der Waals surface area (Å²) in [6, 6.07) is 11.9. The minimum absolute atomic E-state index is 0.561. The Hall–Kier alpha value is -1.04. The van der Waals surface area contributed by atoms with Crippen molar-refractivity contribution in [2.75, 3.05) is 0 Å². The second kappa shape index (κ2) is 3.79. The first kappa shape index (κ1) is 12.3. The van der Waals surface area contributed by atoms with E-state index in [2.05, 4.69) is 42.5 Å². The van der Waals surface area contributed by atoms with Crippen molar-refractivity contribution in [2.45, 2.75) is 37.5 Å². The van der Waals surface area contributed by atoms with Crippen molar-refractivity contribution in [1.82, 2.24) is 0 Å². The molecule has 0 amide bonds. The van der Waals surface area contributed by atoms with Crippen molar-refractivity contribution in [2.24, 2.45) is 53.3 Å². The molecule has 0 nitrogen and oxygen atoms in total. The summed E-state index contributed by atoms with van der Waals surface area (Å²) in [5.74, 6) is 9.28. The largest absolute Gasteiger partial charge is 0.0848 e. The van der Waals surface area contributed by atoms with Gasteiger partial charge in [0.25, 0.3) is 0 Å². The minimum Gasteiger partial charge on any atom is -0.0848 e. The number of hydrogen-bond donors (Lipinski definition) is 0. The van der Waals surface area contributed by atoms with Crippen LogP contribution in [0.2, 0.25) is 0 Å². The SMILES string of the molecule is C1=CC2CC1C1C3CC(c4ccccc4)(C21)C1C2CCC(C2)C31. The minimum atomic E-state index is 0.561. The molecule has 0 heteroatoms. The molecule has 0 saturated heterocycles. The fourth-order valence-corrected chi connectivity index (χ4v) is 9.55. The normalized spacial score (nSPS) is 59.7. The summed E-state index contributed by atoms with van der Waals surface area (Å²) in [7, 11) is 0. The number of benzene rings is 1. The van der Waals surface area contributed by atoms with E-state index in [-0.39, 0.29) is 0 Å². The molecule has 10 unspecified atom stereocenters. The summed E-state index contributed by atoms with van der Waals surface area (Å²) in [6.07, 6.45) is 13.0. The maximum atomic E-state index is 2.62. The van der Waals surface area contributed by atoms with E-state index < -0.39 is 0 Å². The van der Waals surface area contributed by atoms with Crippen LogP contribution >= 0.6 is 0 Å². The van der Waals surface area contributed by atoms with Crippen LogP contribution in [0.1, 0.15) is 37.7 Å². The van der Waals surface area contributed by atoms with Gasteiger partial charge in [0.05, 0.1) is 0 Å². The van der Waals surface area contributed by atoms with Crippen molar-refractivity contribution in [3.05, 3.63) is 48.0 Å². The molecule has 1 aromatic carbocycles. The lowest BCUT2D eigenvalue weighted by Crippen LogP contribution is -2.48. The Morgan fingerprint density at radius 1 is 0.783 bits per heavy atom. The van der Waals surface area contributed by atoms with Crippen molar-refractivity contribution >= 4 is 0 Å². The Balaban J connectivity index is 1.48. The molecule has 10 atom stereocenters. The van der Waals surface area contributed by atoms with Gasteiger partial charge in [-0.2, -0.15) is 0 Å². The van der Waals surface area contributed by atoms with Crippen molar-refractivity contribution in [3.8, 4) is 0 Å². The van der Waals surface area contributed by atoms with Crippen LogP contribution in [0.5, 0.6) is 0 Å². The first-order chi connectivity index (χ1) is 11.4. The molecule has 0 heterocycles. The standard InChI is InChI=1S/C23H26/c1-2-4-17(5-3-1)23-12-18(19-13-6-8-15(10-13)21(19)23)20-14-7-9-16(11-14)22(20)23/h1-6,8,13-16,18-22H,7,9-12H2. The van der Waals surface area contributed by atoms with Crippen LogP contribution in [-0.2, 0) is 5.41 Å². The van der Waals surface area contributed by atoms with Crippen molar-refractivity contribution in [3.63, 3.8) is 0 Å². The third kappa shape index (κ3) is 1.18. The zero-order valence-electron chi connectivity index (χ0n) is 13.8.